The molecule has 2 N–H and O–H groups in total. The number of rotatable bonds is 4. The molecule has 1 saturated heterocycles. The largest absolute Gasteiger partial charge is 0.506 e. The van der Waals surface area contributed by atoms with Gasteiger partial charge in [-0.2, -0.15) is 0 Å². The summed E-state index contributed by atoms with van der Waals surface area (Å²) in [5.41, 5.74) is 1.11. The highest BCUT2D eigenvalue weighted by molar-refractivity contribution is 9.11. The van der Waals surface area contributed by atoms with Crippen LogP contribution in [0.4, 0.5) is 5.69 Å². The Morgan fingerprint density at radius 1 is 1.26 bits per heavy atom. The Hall–Kier alpha value is -1.68. The fourth-order valence-corrected chi connectivity index (χ4v) is 4.84. The molecule has 0 atom stereocenters. The fourth-order valence-electron chi connectivity index (χ4n) is 2.34. The van der Waals surface area contributed by atoms with Gasteiger partial charge in [0, 0.05) is 15.7 Å². The van der Waals surface area contributed by atoms with Crippen LogP contribution in [0.15, 0.2) is 56.3 Å². The standard InChI is InChI=1S/C18H12Br2N2O3S2/c19-11-6-10(16(24)13(20)8-11)7-14-17(25)22(18(26)27-14)9-15(23)21-12-4-2-1-3-5-12/h1-8,24H,9H2,(H,21,23)/b14-7-. The molecule has 0 saturated carbocycles. The van der Waals surface area contributed by atoms with E-state index in [0.29, 0.717) is 24.9 Å². The molecule has 0 aromatic heterocycles. The molecule has 9 heteroatoms. The molecule has 0 aliphatic carbocycles. The third-order valence-electron chi connectivity index (χ3n) is 3.58. The number of carbonyl (C=O) groups is 2. The fraction of sp³-hybridized carbons (Fsp3) is 0.0556. The van der Waals surface area contributed by atoms with Crippen molar-refractivity contribution in [3.05, 3.63) is 61.9 Å². The molecule has 27 heavy (non-hydrogen) atoms. The lowest BCUT2D eigenvalue weighted by Crippen LogP contribution is -2.36. The molecule has 1 aliphatic heterocycles. The second-order valence-corrected chi connectivity index (χ2v) is 8.95. The normalized spacial score (nSPS) is 15.5. The second-order valence-electron chi connectivity index (χ2n) is 5.51. The van der Waals surface area contributed by atoms with E-state index in [1.165, 1.54) is 4.90 Å². The summed E-state index contributed by atoms with van der Waals surface area (Å²) < 4.78 is 1.54. The summed E-state index contributed by atoms with van der Waals surface area (Å²) in [6.45, 7) is -0.176. The van der Waals surface area contributed by atoms with Crippen LogP contribution in [-0.2, 0) is 9.59 Å². The number of aromatic hydroxyl groups is 1. The predicted molar refractivity (Wildman–Crippen MR) is 118 cm³/mol. The number of phenols is 1. The number of carbonyl (C=O) groups excluding carboxylic acids is 2. The molecular weight excluding hydrogens is 516 g/mol. The van der Waals surface area contributed by atoms with Crippen molar-refractivity contribution in [2.45, 2.75) is 0 Å². The minimum absolute atomic E-state index is 0.0188. The predicted octanol–water partition coefficient (Wildman–Crippen LogP) is 4.76. The molecule has 2 amide bonds. The molecule has 5 nitrogen and oxygen atoms in total. The smallest absolute Gasteiger partial charge is 0.266 e. The SMILES string of the molecule is O=C(CN1C(=O)/C(=C/c2cc(Br)cc(Br)c2O)SC1=S)Nc1ccccc1. The third-order valence-corrected chi connectivity index (χ3v) is 6.02. The molecule has 1 heterocycles. The van der Waals surface area contributed by atoms with Crippen molar-refractivity contribution < 1.29 is 14.7 Å². The number of thioether (sulfide) groups is 1. The quantitative estimate of drug-likeness (QED) is 0.443. The number of thiocarbonyl (C=S) groups is 1. The van der Waals surface area contributed by atoms with Gasteiger partial charge in [0.2, 0.25) is 5.91 Å². The molecule has 2 aromatic rings. The summed E-state index contributed by atoms with van der Waals surface area (Å²) in [4.78, 5) is 26.5. The molecule has 0 spiro atoms. The number of halogens is 2. The summed E-state index contributed by atoms with van der Waals surface area (Å²) in [5.74, 6) is -0.694. The van der Waals surface area contributed by atoms with Gasteiger partial charge in [0.15, 0.2) is 0 Å². The van der Waals surface area contributed by atoms with Crippen LogP contribution in [-0.4, -0.2) is 32.7 Å². The summed E-state index contributed by atoms with van der Waals surface area (Å²) in [6.07, 6.45) is 1.55. The number of hydrogen-bond donors (Lipinski definition) is 2. The topological polar surface area (TPSA) is 69.6 Å². The second kappa shape index (κ2) is 8.55. The minimum Gasteiger partial charge on any atom is -0.506 e. The van der Waals surface area contributed by atoms with Gasteiger partial charge in [-0.3, -0.25) is 14.5 Å². The number of phenolic OH excluding ortho intramolecular Hbond substituents is 1. The molecule has 0 unspecified atom stereocenters. The number of nitrogens with zero attached hydrogens (tertiary/aromatic N) is 1. The average molecular weight is 528 g/mol. The molecule has 3 rings (SSSR count). The van der Waals surface area contributed by atoms with E-state index >= 15 is 0 Å². The van der Waals surface area contributed by atoms with E-state index in [1.54, 1.807) is 42.5 Å². The van der Waals surface area contributed by atoms with Crippen molar-refractivity contribution in [3.63, 3.8) is 0 Å². The van der Waals surface area contributed by atoms with Gasteiger partial charge in [0.25, 0.3) is 5.91 Å². The zero-order valence-electron chi connectivity index (χ0n) is 13.6. The Morgan fingerprint density at radius 3 is 2.67 bits per heavy atom. The summed E-state index contributed by atoms with van der Waals surface area (Å²) in [6, 6.07) is 12.4. The highest BCUT2D eigenvalue weighted by Crippen LogP contribution is 2.37. The molecule has 0 radical (unpaired) electrons. The molecule has 0 bridgehead atoms. The van der Waals surface area contributed by atoms with Crippen molar-refractivity contribution in [1.82, 2.24) is 4.90 Å². The third kappa shape index (κ3) is 4.78. The maximum atomic E-state index is 12.7. The van der Waals surface area contributed by atoms with Crippen molar-refractivity contribution in [2.24, 2.45) is 0 Å². The van der Waals surface area contributed by atoms with E-state index in [0.717, 1.165) is 16.2 Å². The van der Waals surface area contributed by atoms with Gasteiger partial charge in [0.05, 0.1) is 9.38 Å². The first-order chi connectivity index (χ1) is 12.8. The Balaban J connectivity index is 1.76. The Kier molecular flexibility index (Phi) is 6.36. The first-order valence-corrected chi connectivity index (χ1v) is 10.4. The molecule has 1 aliphatic rings. The summed E-state index contributed by atoms with van der Waals surface area (Å²) in [5, 5.41) is 12.9. The number of amides is 2. The lowest BCUT2D eigenvalue weighted by atomic mass is 10.2. The van der Waals surface area contributed by atoms with E-state index in [4.69, 9.17) is 12.2 Å². The van der Waals surface area contributed by atoms with E-state index in [-0.39, 0.29) is 24.1 Å². The number of nitrogens with one attached hydrogen (secondary N) is 1. The van der Waals surface area contributed by atoms with Crippen LogP contribution < -0.4 is 5.32 Å². The molecule has 2 aromatic carbocycles. The monoisotopic (exact) mass is 526 g/mol. The van der Waals surface area contributed by atoms with Gasteiger partial charge in [0.1, 0.15) is 16.6 Å². The molecule has 138 valence electrons. The van der Waals surface area contributed by atoms with Crippen molar-refractivity contribution in [2.75, 3.05) is 11.9 Å². The molecule has 1 fully saturated rings. The van der Waals surface area contributed by atoms with Gasteiger partial charge < -0.3 is 10.4 Å². The Labute approximate surface area is 182 Å². The zero-order valence-corrected chi connectivity index (χ0v) is 18.4. The zero-order chi connectivity index (χ0) is 19.6. The number of para-hydroxylation sites is 1. The van der Waals surface area contributed by atoms with Crippen molar-refractivity contribution in [1.29, 1.82) is 0 Å². The van der Waals surface area contributed by atoms with E-state index < -0.39 is 0 Å². The van der Waals surface area contributed by atoms with E-state index in [9.17, 15) is 14.7 Å². The first-order valence-electron chi connectivity index (χ1n) is 7.63. The lowest BCUT2D eigenvalue weighted by Gasteiger charge is -2.14. The van der Waals surface area contributed by atoms with Gasteiger partial charge in [-0.05, 0) is 46.3 Å². The summed E-state index contributed by atoms with van der Waals surface area (Å²) in [7, 11) is 0. The minimum atomic E-state index is -0.372. The first kappa shape index (κ1) is 20.1. The maximum absolute atomic E-state index is 12.7. The van der Waals surface area contributed by atoms with E-state index in [2.05, 4.69) is 37.2 Å². The van der Waals surface area contributed by atoms with Gasteiger partial charge in [-0.1, -0.05) is 58.1 Å². The average Bonchev–Trinajstić information content (AvgIpc) is 2.87. The van der Waals surface area contributed by atoms with Crippen LogP contribution in [0, 0.1) is 0 Å². The van der Waals surface area contributed by atoms with Crippen LogP contribution >= 0.6 is 55.8 Å². The summed E-state index contributed by atoms with van der Waals surface area (Å²) >= 11 is 12.9. The van der Waals surface area contributed by atoms with Crippen molar-refractivity contribution >= 4 is 83.7 Å². The maximum Gasteiger partial charge on any atom is 0.266 e. The Bertz CT molecular complexity index is 965. The molecular formula is C18H12Br2N2O3S2. The van der Waals surface area contributed by atoms with Gasteiger partial charge in [-0.25, -0.2) is 0 Å². The number of anilines is 1. The van der Waals surface area contributed by atoms with Gasteiger partial charge >= 0.3 is 0 Å². The van der Waals surface area contributed by atoms with Crippen LogP contribution in [0.25, 0.3) is 6.08 Å². The number of benzene rings is 2. The van der Waals surface area contributed by atoms with Crippen LogP contribution in [0.5, 0.6) is 5.75 Å². The van der Waals surface area contributed by atoms with Crippen LogP contribution in [0.3, 0.4) is 0 Å². The highest BCUT2D eigenvalue weighted by Gasteiger charge is 2.33. The van der Waals surface area contributed by atoms with Crippen LogP contribution in [0.1, 0.15) is 5.56 Å². The Morgan fingerprint density at radius 2 is 1.96 bits per heavy atom. The van der Waals surface area contributed by atoms with Gasteiger partial charge in [-0.15, -0.1) is 0 Å². The van der Waals surface area contributed by atoms with Crippen LogP contribution in [0.2, 0.25) is 0 Å². The lowest BCUT2D eigenvalue weighted by molar-refractivity contribution is -0.126. The van der Waals surface area contributed by atoms with Crippen molar-refractivity contribution in [3.8, 4) is 5.75 Å². The van der Waals surface area contributed by atoms with E-state index in [1.807, 2.05) is 6.07 Å². The highest BCUT2D eigenvalue weighted by atomic mass is 79.9. The number of hydrogen-bond acceptors (Lipinski definition) is 5.